The molecule has 0 spiro atoms. The van der Waals surface area contributed by atoms with Crippen LogP contribution in [0.5, 0.6) is 11.5 Å². The van der Waals surface area contributed by atoms with Crippen LogP contribution in [0.15, 0.2) is 83.7 Å². The number of thiazole rings is 1. The molecule has 0 saturated heterocycles. The maximum atomic E-state index is 13.4. The average molecular weight is 520 g/mol. The number of amides is 1. The van der Waals surface area contributed by atoms with Crippen molar-refractivity contribution in [2.75, 3.05) is 12.4 Å². The average Bonchev–Trinajstić information content (AvgIpc) is 3.21. The van der Waals surface area contributed by atoms with Gasteiger partial charge in [-0.05, 0) is 48.0 Å². The van der Waals surface area contributed by atoms with Crippen molar-refractivity contribution in [2.24, 2.45) is 0 Å². The standard InChI is InChI=1S/C27H19F2N3O4S/c1-35-21-9-5-6-18(15-21)31-24(33)22(16-30)26-32(19-7-3-2-4-8-19)25(34)23(37-26)14-17-10-12-20(13-11-17)36-27(28)29/h2-15,27H,1H3,(H,31,33). The second kappa shape index (κ2) is 11.3. The summed E-state index contributed by atoms with van der Waals surface area (Å²) in [5.74, 6) is -0.188. The molecule has 1 amide bonds. The summed E-state index contributed by atoms with van der Waals surface area (Å²) in [6.07, 6.45) is 1.55. The van der Waals surface area contributed by atoms with Crippen LogP contribution in [-0.4, -0.2) is 24.2 Å². The molecule has 0 aliphatic carbocycles. The molecule has 0 saturated carbocycles. The molecule has 0 unspecified atom stereocenters. The maximum Gasteiger partial charge on any atom is 0.387 e. The number of halogens is 2. The predicted molar refractivity (Wildman–Crippen MR) is 136 cm³/mol. The molecule has 0 fully saturated rings. The summed E-state index contributed by atoms with van der Waals surface area (Å²) in [7, 11) is 1.50. The van der Waals surface area contributed by atoms with E-state index in [1.807, 2.05) is 6.07 Å². The van der Waals surface area contributed by atoms with E-state index in [0.29, 0.717) is 22.7 Å². The fourth-order valence-corrected chi connectivity index (χ4v) is 4.55. The number of alkyl halides is 2. The minimum Gasteiger partial charge on any atom is -0.497 e. The Labute approximate surface area is 213 Å². The Morgan fingerprint density at radius 1 is 1.05 bits per heavy atom. The quantitative estimate of drug-likeness (QED) is 0.402. The summed E-state index contributed by atoms with van der Waals surface area (Å²) in [6.45, 7) is -2.95. The number of anilines is 1. The van der Waals surface area contributed by atoms with E-state index in [9.17, 15) is 23.6 Å². The molecule has 0 atom stereocenters. The van der Waals surface area contributed by atoms with E-state index in [0.717, 1.165) is 11.3 Å². The van der Waals surface area contributed by atoms with Gasteiger partial charge in [0.2, 0.25) is 0 Å². The number of benzene rings is 3. The highest BCUT2D eigenvalue weighted by atomic mass is 32.1. The normalized spacial score (nSPS) is 12.1. The zero-order valence-corrected chi connectivity index (χ0v) is 20.2. The lowest BCUT2D eigenvalue weighted by atomic mass is 10.2. The Bertz CT molecular complexity index is 1640. The van der Waals surface area contributed by atoms with Gasteiger partial charge in [0.25, 0.3) is 11.5 Å². The largest absolute Gasteiger partial charge is 0.497 e. The van der Waals surface area contributed by atoms with Gasteiger partial charge in [-0.25, -0.2) is 0 Å². The number of aromatic nitrogens is 1. The number of carbonyl (C=O) groups excluding carboxylic acids is 1. The van der Waals surface area contributed by atoms with Crippen molar-refractivity contribution in [3.63, 3.8) is 0 Å². The lowest BCUT2D eigenvalue weighted by Gasteiger charge is -2.07. The zero-order chi connectivity index (χ0) is 26.4. The Hall–Kier alpha value is -4.75. The molecule has 0 radical (unpaired) electrons. The van der Waals surface area contributed by atoms with Crippen molar-refractivity contribution < 1.29 is 23.0 Å². The van der Waals surface area contributed by atoms with Crippen molar-refractivity contribution in [2.45, 2.75) is 6.61 Å². The van der Waals surface area contributed by atoms with Gasteiger partial charge < -0.3 is 14.8 Å². The minimum atomic E-state index is -2.95. The van der Waals surface area contributed by atoms with E-state index in [4.69, 9.17) is 4.74 Å². The third kappa shape index (κ3) is 5.91. The van der Waals surface area contributed by atoms with Gasteiger partial charge in [-0.2, -0.15) is 14.0 Å². The van der Waals surface area contributed by atoms with Crippen molar-refractivity contribution in [1.29, 1.82) is 5.26 Å². The summed E-state index contributed by atoms with van der Waals surface area (Å²) in [5.41, 5.74) is 0.738. The molecule has 186 valence electrons. The molecule has 4 aromatic rings. The number of nitrogens with zero attached hydrogens (tertiary/aromatic N) is 2. The van der Waals surface area contributed by atoms with Gasteiger partial charge in [0, 0.05) is 11.8 Å². The number of nitriles is 1. The van der Waals surface area contributed by atoms with E-state index in [1.165, 1.54) is 35.9 Å². The third-order valence-corrected chi connectivity index (χ3v) is 6.21. The predicted octanol–water partition coefficient (Wildman–Crippen LogP) is 3.65. The number of rotatable bonds is 7. The second-order valence-corrected chi connectivity index (χ2v) is 8.54. The van der Waals surface area contributed by atoms with Gasteiger partial charge in [0.05, 0.1) is 17.3 Å². The first-order valence-corrected chi connectivity index (χ1v) is 11.6. The lowest BCUT2D eigenvalue weighted by molar-refractivity contribution is -0.111. The number of hydrogen-bond donors (Lipinski definition) is 1. The molecule has 7 nitrogen and oxygen atoms in total. The molecule has 1 heterocycles. The zero-order valence-electron chi connectivity index (χ0n) is 19.4. The molecule has 3 aromatic carbocycles. The van der Waals surface area contributed by atoms with Gasteiger partial charge in [-0.15, -0.1) is 11.3 Å². The Kier molecular flexibility index (Phi) is 7.76. The molecule has 37 heavy (non-hydrogen) atoms. The number of nitrogens with one attached hydrogen (secondary N) is 1. The highest BCUT2D eigenvalue weighted by Crippen LogP contribution is 2.18. The molecular formula is C27H19F2N3O4S. The summed E-state index contributed by atoms with van der Waals surface area (Å²) >= 11 is 0.968. The van der Waals surface area contributed by atoms with Gasteiger partial charge in [0.1, 0.15) is 22.2 Å². The number of methoxy groups -OCH3 is 1. The molecule has 1 N–H and O–H groups in total. The van der Waals surface area contributed by atoms with Crippen molar-refractivity contribution in [3.05, 3.63) is 104 Å². The van der Waals surface area contributed by atoms with Gasteiger partial charge >= 0.3 is 6.61 Å². The van der Waals surface area contributed by atoms with Crippen LogP contribution in [0, 0.1) is 11.3 Å². The molecule has 10 heteroatoms. The summed E-state index contributed by atoms with van der Waals surface area (Å²) < 4.78 is 36.1. The van der Waals surface area contributed by atoms with E-state index >= 15 is 0 Å². The topological polar surface area (TPSA) is 93.3 Å². The molecule has 0 aliphatic heterocycles. The van der Waals surface area contributed by atoms with Crippen LogP contribution in [0.25, 0.3) is 17.3 Å². The first-order valence-electron chi connectivity index (χ1n) is 10.8. The first-order chi connectivity index (χ1) is 17.9. The summed E-state index contributed by atoms with van der Waals surface area (Å²) in [5, 5.41) is 12.6. The number of ether oxygens (including phenoxy) is 2. The van der Waals surface area contributed by atoms with Gasteiger partial charge in [-0.1, -0.05) is 36.4 Å². The van der Waals surface area contributed by atoms with E-state index in [1.54, 1.807) is 60.7 Å². The van der Waals surface area contributed by atoms with Crippen molar-refractivity contribution in [3.8, 4) is 23.3 Å². The van der Waals surface area contributed by atoms with Crippen LogP contribution in [0.4, 0.5) is 14.5 Å². The Balaban J connectivity index is 1.86. The van der Waals surface area contributed by atoms with E-state index in [2.05, 4.69) is 10.1 Å². The van der Waals surface area contributed by atoms with Crippen LogP contribution in [0.3, 0.4) is 0 Å². The highest BCUT2D eigenvalue weighted by molar-refractivity contribution is 7.07. The molecule has 1 aromatic heterocycles. The van der Waals surface area contributed by atoms with E-state index in [-0.39, 0.29) is 20.5 Å². The SMILES string of the molecule is COc1cccc(NC(=O)C(C#N)=c2sc(=Cc3ccc(OC(F)F)cc3)c(=O)n2-c2ccccc2)c1. The van der Waals surface area contributed by atoms with Crippen LogP contribution in [-0.2, 0) is 4.79 Å². The first kappa shape index (κ1) is 25.3. The van der Waals surface area contributed by atoms with Gasteiger partial charge in [-0.3, -0.25) is 14.2 Å². The Morgan fingerprint density at radius 2 is 1.78 bits per heavy atom. The fraction of sp³-hybridized carbons (Fsp3) is 0.0741. The number of para-hydroxylation sites is 1. The van der Waals surface area contributed by atoms with Crippen LogP contribution in [0.1, 0.15) is 5.56 Å². The second-order valence-electron chi connectivity index (χ2n) is 7.51. The molecule has 0 aliphatic rings. The fourth-order valence-electron chi connectivity index (χ4n) is 3.45. The minimum absolute atomic E-state index is 0.0185. The summed E-state index contributed by atoms with van der Waals surface area (Å²) in [6, 6.07) is 23.0. The maximum absolute atomic E-state index is 13.4. The molecule has 0 bridgehead atoms. The third-order valence-electron chi connectivity index (χ3n) is 5.12. The monoisotopic (exact) mass is 519 g/mol. The number of carbonyl (C=O) groups is 1. The van der Waals surface area contributed by atoms with Crippen molar-refractivity contribution >= 4 is 34.6 Å². The molecule has 4 rings (SSSR count). The molecular weight excluding hydrogens is 500 g/mol. The van der Waals surface area contributed by atoms with E-state index < -0.39 is 18.1 Å². The van der Waals surface area contributed by atoms with Crippen molar-refractivity contribution in [1.82, 2.24) is 4.57 Å². The number of hydrogen-bond acceptors (Lipinski definition) is 6. The van der Waals surface area contributed by atoms with Crippen LogP contribution >= 0.6 is 11.3 Å². The summed E-state index contributed by atoms with van der Waals surface area (Å²) in [4.78, 5) is 26.6. The lowest BCUT2D eigenvalue weighted by Crippen LogP contribution is -2.32. The Morgan fingerprint density at radius 3 is 2.43 bits per heavy atom. The van der Waals surface area contributed by atoms with Crippen LogP contribution in [0.2, 0.25) is 0 Å². The van der Waals surface area contributed by atoms with Gasteiger partial charge in [0.15, 0.2) is 5.57 Å². The highest BCUT2D eigenvalue weighted by Gasteiger charge is 2.17. The smallest absolute Gasteiger partial charge is 0.387 e. The van der Waals surface area contributed by atoms with Crippen LogP contribution < -0.4 is 29.5 Å².